The predicted molar refractivity (Wildman–Crippen MR) is 64.2 cm³/mol. The molecule has 0 radical (unpaired) electrons. The van der Waals surface area contributed by atoms with Gasteiger partial charge in [-0.3, -0.25) is 0 Å². The van der Waals surface area contributed by atoms with Gasteiger partial charge in [0, 0.05) is 5.56 Å². The first-order valence-electron chi connectivity index (χ1n) is 5.20. The lowest BCUT2D eigenvalue weighted by Gasteiger charge is -2.09. The van der Waals surface area contributed by atoms with Crippen molar-refractivity contribution in [1.29, 1.82) is 0 Å². The number of benzene rings is 2. The third-order valence-electron chi connectivity index (χ3n) is 2.65. The number of hydrogen-bond donors (Lipinski definition) is 2. The molecule has 0 spiro atoms. The highest BCUT2D eigenvalue weighted by molar-refractivity contribution is 6.12. The highest BCUT2D eigenvalue weighted by Crippen LogP contribution is 2.28. The van der Waals surface area contributed by atoms with Crippen LogP contribution < -0.4 is 0 Å². The van der Waals surface area contributed by atoms with E-state index in [1.165, 1.54) is 0 Å². The quantitative estimate of drug-likeness (QED) is 0.459. The van der Waals surface area contributed by atoms with E-state index in [4.69, 9.17) is 5.21 Å². The monoisotopic (exact) mass is 215 g/mol. The molecule has 0 aliphatic heterocycles. The van der Waals surface area contributed by atoms with Crippen molar-refractivity contribution in [2.45, 2.75) is 13.3 Å². The molecular weight excluding hydrogens is 202 g/mol. The molecule has 2 aromatic rings. The van der Waals surface area contributed by atoms with Crippen LogP contribution in [0.4, 0.5) is 0 Å². The second-order valence-corrected chi connectivity index (χ2v) is 3.58. The Hall–Kier alpha value is -2.03. The van der Waals surface area contributed by atoms with Gasteiger partial charge in [0.1, 0.15) is 5.75 Å². The largest absolute Gasteiger partial charge is 0.507 e. The number of aromatic hydroxyl groups is 1. The van der Waals surface area contributed by atoms with Crippen LogP contribution >= 0.6 is 0 Å². The highest BCUT2D eigenvalue weighted by atomic mass is 16.4. The van der Waals surface area contributed by atoms with Crippen molar-refractivity contribution in [2.75, 3.05) is 0 Å². The summed E-state index contributed by atoms with van der Waals surface area (Å²) in [7, 11) is 0. The SMILES string of the molecule is CC/C(=N/O)c1c(O)ccc2ccccc12. The predicted octanol–water partition coefficient (Wildman–Crippen LogP) is 3.13. The van der Waals surface area contributed by atoms with Gasteiger partial charge in [-0.1, -0.05) is 42.4 Å². The van der Waals surface area contributed by atoms with E-state index in [0.29, 0.717) is 17.7 Å². The summed E-state index contributed by atoms with van der Waals surface area (Å²) in [5, 5.41) is 24.0. The number of oxime groups is 1. The van der Waals surface area contributed by atoms with Gasteiger partial charge < -0.3 is 10.3 Å². The van der Waals surface area contributed by atoms with Crippen LogP contribution in [-0.2, 0) is 0 Å². The molecule has 0 heterocycles. The van der Waals surface area contributed by atoms with Crippen molar-refractivity contribution in [1.82, 2.24) is 0 Å². The molecule has 0 unspecified atom stereocenters. The topological polar surface area (TPSA) is 52.8 Å². The molecule has 0 atom stereocenters. The molecule has 3 nitrogen and oxygen atoms in total. The Morgan fingerprint density at radius 3 is 2.62 bits per heavy atom. The fraction of sp³-hybridized carbons (Fsp3) is 0.154. The van der Waals surface area contributed by atoms with Gasteiger partial charge in [0.05, 0.1) is 5.71 Å². The standard InChI is InChI=1S/C13H13NO2/c1-2-11(14-16)13-10-6-4-3-5-9(10)7-8-12(13)15/h3-8,15-16H,2H2,1H3/b14-11-. The van der Waals surface area contributed by atoms with Gasteiger partial charge >= 0.3 is 0 Å². The first kappa shape index (κ1) is 10.5. The Morgan fingerprint density at radius 1 is 1.19 bits per heavy atom. The highest BCUT2D eigenvalue weighted by Gasteiger charge is 2.11. The molecule has 2 N–H and O–H groups in total. The van der Waals surface area contributed by atoms with Crippen molar-refractivity contribution in [3.63, 3.8) is 0 Å². The molecule has 2 rings (SSSR count). The van der Waals surface area contributed by atoms with E-state index in [2.05, 4.69) is 5.16 Å². The second kappa shape index (κ2) is 4.23. The molecule has 0 fully saturated rings. The Bertz CT molecular complexity index is 547. The molecule has 0 amide bonds. The lowest BCUT2D eigenvalue weighted by Crippen LogP contribution is -2.00. The zero-order valence-corrected chi connectivity index (χ0v) is 9.01. The summed E-state index contributed by atoms with van der Waals surface area (Å²) in [5.74, 6) is 0.147. The molecule has 82 valence electrons. The summed E-state index contributed by atoms with van der Waals surface area (Å²) in [6.07, 6.45) is 0.568. The van der Waals surface area contributed by atoms with Gasteiger partial charge in [0.25, 0.3) is 0 Å². The molecule has 3 heteroatoms. The molecule has 0 aromatic heterocycles. The van der Waals surface area contributed by atoms with Crippen LogP contribution in [0, 0.1) is 0 Å². The Morgan fingerprint density at radius 2 is 1.94 bits per heavy atom. The normalized spacial score (nSPS) is 11.9. The van der Waals surface area contributed by atoms with E-state index in [1.54, 1.807) is 6.07 Å². The van der Waals surface area contributed by atoms with E-state index in [9.17, 15) is 5.11 Å². The van der Waals surface area contributed by atoms with Crippen LogP contribution in [0.5, 0.6) is 5.75 Å². The third kappa shape index (κ3) is 1.60. The average molecular weight is 215 g/mol. The van der Waals surface area contributed by atoms with Crippen molar-refractivity contribution in [3.05, 3.63) is 42.0 Å². The van der Waals surface area contributed by atoms with E-state index in [1.807, 2.05) is 37.3 Å². The van der Waals surface area contributed by atoms with Gasteiger partial charge in [-0.25, -0.2) is 0 Å². The van der Waals surface area contributed by atoms with Crippen LogP contribution in [0.25, 0.3) is 10.8 Å². The van der Waals surface area contributed by atoms with Crippen LogP contribution in [-0.4, -0.2) is 16.0 Å². The molecule has 2 aromatic carbocycles. The van der Waals surface area contributed by atoms with E-state index < -0.39 is 0 Å². The molecule has 0 bridgehead atoms. The lowest BCUT2D eigenvalue weighted by molar-refractivity contribution is 0.318. The van der Waals surface area contributed by atoms with Crippen molar-refractivity contribution in [2.24, 2.45) is 5.16 Å². The number of fused-ring (bicyclic) bond motifs is 1. The maximum absolute atomic E-state index is 9.85. The second-order valence-electron chi connectivity index (χ2n) is 3.58. The van der Waals surface area contributed by atoms with E-state index >= 15 is 0 Å². The third-order valence-corrected chi connectivity index (χ3v) is 2.65. The van der Waals surface area contributed by atoms with Crippen molar-refractivity contribution < 1.29 is 10.3 Å². The number of phenols is 1. The Kier molecular flexibility index (Phi) is 2.77. The van der Waals surface area contributed by atoms with Crippen LogP contribution in [0.3, 0.4) is 0 Å². The molecular formula is C13H13NO2. The fourth-order valence-electron chi connectivity index (χ4n) is 1.86. The molecule has 0 aliphatic carbocycles. The maximum Gasteiger partial charge on any atom is 0.125 e. The minimum Gasteiger partial charge on any atom is -0.507 e. The van der Waals surface area contributed by atoms with Crippen LogP contribution in [0.1, 0.15) is 18.9 Å². The summed E-state index contributed by atoms with van der Waals surface area (Å²) in [6.45, 7) is 1.89. The van der Waals surface area contributed by atoms with Crippen LogP contribution in [0.2, 0.25) is 0 Å². The average Bonchev–Trinajstić information content (AvgIpc) is 2.33. The lowest BCUT2D eigenvalue weighted by atomic mass is 9.98. The molecule has 0 saturated heterocycles. The van der Waals surface area contributed by atoms with Gasteiger partial charge in [-0.15, -0.1) is 0 Å². The summed E-state index contributed by atoms with van der Waals surface area (Å²) in [4.78, 5) is 0. The van der Waals surface area contributed by atoms with Crippen LogP contribution in [0.15, 0.2) is 41.6 Å². The van der Waals surface area contributed by atoms with Gasteiger partial charge in [0.15, 0.2) is 0 Å². The van der Waals surface area contributed by atoms with Gasteiger partial charge in [0.2, 0.25) is 0 Å². The molecule has 0 aliphatic rings. The minimum atomic E-state index is 0.147. The molecule has 16 heavy (non-hydrogen) atoms. The number of nitrogens with zero attached hydrogens (tertiary/aromatic N) is 1. The smallest absolute Gasteiger partial charge is 0.125 e. The molecule has 0 saturated carbocycles. The zero-order chi connectivity index (χ0) is 11.5. The van der Waals surface area contributed by atoms with E-state index in [-0.39, 0.29) is 5.75 Å². The van der Waals surface area contributed by atoms with E-state index in [0.717, 1.165) is 10.8 Å². The number of rotatable bonds is 2. The Labute approximate surface area is 93.6 Å². The first-order chi connectivity index (χ1) is 7.77. The van der Waals surface area contributed by atoms with Gasteiger partial charge in [-0.2, -0.15) is 0 Å². The maximum atomic E-state index is 9.85. The summed E-state index contributed by atoms with van der Waals surface area (Å²) in [6, 6.07) is 11.2. The summed E-state index contributed by atoms with van der Waals surface area (Å²) in [5.41, 5.74) is 1.11. The number of phenolic OH excluding ortho intramolecular Hbond substituents is 1. The summed E-state index contributed by atoms with van der Waals surface area (Å²) < 4.78 is 0. The number of hydrogen-bond acceptors (Lipinski definition) is 3. The fourth-order valence-corrected chi connectivity index (χ4v) is 1.86. The zero-order valence-electron chi connectivity index (χ0n) is 9.01. The summed E-state index contributed by atoms with van der Waals surface area (Å²) >= 11 is 0. The minimum absolute atomic E-state index is 0.147. The first-order valence-corrected chi connectivity index (χ1v) is 5.20. The Balaban J connectivity index is 2.80. The van der Waals surface area contributed by atoms with Crippen molar-refractivity contribution in [3.8, 4) is 5.75 Å². The van der Waals surface area contributed by atoms with Crippen molar-refractivity contribution >= 4 is 16.5 Å². The van der Waals surface area contributed by atoms with Gasteiger partial charge in [-0.05, 0) is 23.3 Å².